The van der Waals surface area contributed by atoms with Crippen LogP contribution in [-0.2, 0) is 6.04 Å². The Labute approximate surface area is 202 Å². The topological polar surface area (TPSA) is 73.1 Å². The number of ether oxygens (including phenoxy) is 1. The summed E-state index contributed by atoms with van der Waals surface area (Å²) in [6, 6.07) is 19.7. The Morgan fingerprint density at radius 2 is 1.44 bits per heavy atom. The van der Waals surface area contributed by atoms with Crippen molar-refractivity contribution in [3.05, 3.63) is 72.8 Å². The van der Waals surface area contributed by atoms with Crippen molar-refractivity contribution in [2.45, 2.75) is 45.3 Å². The molecule has 0 aliphatic heterocycles. The Bertz CT molecular complexity index is 1260. The van der Waals surface area contributed by atoms with Gasteiger partial charge in [0.25, 0.3) is 5.88 Å². The summed E-state index contributed by atoms with van der Waals surface area (Å²) in [5.41, 5.74) is 2.66. The molecule has 2 aromatic heterocycles. The number of rotatable bonds is 6. The summed E-state index contributed by atoms with van der Waals surface area (Å²) in [4.78, 5) is 29.3. The number of benzene rings is 2. The molecule has 7 nitrogen and oxygen atoms in total. The molecule has 0 spiro atoms. The lowest BCUT2D eigenvalue weighted by molar-refractivity contribution is 0.209. The van der Waals surface area contributed by atoms with Gasteiger partial charge < -0.3 is 8.97 Å². The number of aromatic nitrogens is 4. The van der Waals surface area contributed by atoms with Crippen molar-refractivity contribution < 1.29 is 9.53 Å². The normalized spacial score (nSPS) is 12.1. The zero-order chi connectivity index (χ0) is 24.5. The highest BCUT2D eigenvalue weighted by molar-refractivity contribution is 6.75. The molecule has 0 bridgehead atoms. The van der Waals surface area contributed by atoms with Gasteiger partial charge in [0.15, 0.2) is 19.4 Å². The van der Waals surface area contributed by atoms with Crippen LogP contribution < -0.4 is 9.64 Å². The summed E-state index contributed by atoms with van der Waals surface area (Å²) in [6.45, 7) is 13.5. The van der Waals surface area contributed by atoms with Gasteiger partial charge in [-0.25, -0.2) is 19.7 Å². The number of hydrogen-bond donors (Lipinski definition) is 0. The maximum Gasteiger partial charge on any atom is 0.425 e. The molecule has 2 heterocycles. The van der Waals surface area contributed by atoms with Crippen LogP contribution in [0.3, 0.4) is 0 Å². The second-order valence-electron chi connectivity index (χ2n) is 10.5. The van der Waals surface area contributed by atoms with E-state index in [9.17, 15) is 4.79 Å². The van der Waals surface area contributed by atoms with E-state index in [1.165, 1.54) is 0 Å². The molecule has 2 aromatic carbocycles. The van der Waals surface area contributed by atoms with Gasteiger partial charge in [-0.3, -0.25) is 0 Å². The number of nitrogens with zero attached hydrogens (tertiary/aromatic N) is 5. The number of hydrogen-bond acceptors (Lipinski definition) is 5. The Morgan fingerprint density at radius 1 is 0.882 bits per heavy atom. The van der Waals surface area contributed by atoms with E-state index in [-0.39, 0.29) is 5.88 Å². The van der Waals surface area contributed by atoms with Gasteiger partial charge in [-0.05, 0) is 24.3 Å². The molecule has 0 fully saturated rings. The lowest BCUT2D eigenvalue weighted by Gasteiger charge is -2.22. The van der Waals surface area contributed by atoms with E-state index in [1.807, 2.05) is 60.7 Å². The van der Waals surface area contributed by atoms with Crippen LogP contribution in [0, 0.1) is 0 Å². The molecule has 0 saturated carbocycles. The van der Waals surface area contributed by atoms with E-state index in [0.29, 0.717) is 22.7 Å². The Balaban J connectivity index is 1.80. The first-order valence-electron chi connectivity index (χ1n) is 11.4. The van der Waals surface area contributed by atoms with Gasteiger partial charge in [0.2, 0.25) is 0 Å². The van der Waals surface area contributed by atoms with Crippen LogP contribution in [-0.4, -0.2) is 41.6 Å². The quantitative estimate of drug-likeness (QED) is 0.299. The second kappa shape index (κ2) is 9.15. The Morgan fingerprint density at radius 3 is 1.94 bits per heavy atom. The minimum absolute atomic E-state index is 0.206. The Kier molecular flexibility index (Phi) is 6.41. The van der Waals surface area contributed by atoms with Crippen LogP contribution in [0.2, 0.25) is 39.3 Å². The van der Waals surface area contributed by atoms with Gasteiger partial charge in [-0.15, -0.1) is 0 Å². The number of para-hydroxylation sites is 2. The molecule has 34 heavy (non-hydrogen) atoms. The van der Waals surface area contributed by atoms with Crippen LogP contribution in [0.4, 0.5) is 16.2 Å². The van der Waals surface area contributed by atoms with Crippen LogP contribution in [0.1, 0.15) is 5.82 Å². The molecule has 0 atom stereocenters. The molecule has 0 N–H and O–H groups in total. The van der Waals surface area contributed by atoms with Crippen LogP contribution in [0.5, 0.6) is 5.88 Å². The fourth-order valence-electron chi connectivity index (χ4n) is 3.67. The van der Waals surface area contributed by atoms with Crippen molar-refractivity contribution in [2.75, 3.05) is 4.90 Å². The molecular formula is C25H31N5O2Si2. The van der Waals surface area contributed by atoms with Gasteiger partial charge in [0.1, 0.15) is 5.82 Å². The highest BCUT2D eigenvalue weighted by Gasteiger charge is 2.27. The number of imidazole rings is 1. The number of carbonyl (C=O) groups is 1. The van der Waals surface area contributed by atoms with E-state index in [4.69, 9.17) is 9.72 Å². The maximum atomic E-state index is 13.6. The molecule has 1 amide bonds. The smallest absolute Gasteiger partial charge is 0.388 e. The summed E-state index contributed by atoms with van der Waals surface area (Å²) in [5.74, 6) is 0.901. The number of amides is 1. The van der Waals surface area contributed by atoms with Gasteiger partial charge in [0.05, 0.1) is 25.8 Å². The number of carbonyl (C=O) groups excluding carboxylic acids is 1. The molecule has 9 heteroatoms. The van der Waals surface area contributed by atoms with Gasteiger partial charge in [0, 0.05) is 6.04 Å². The first-order valence-corrected chi connectivity index (χ1v) is 18.5. The number of anilines is 2. The SMILES string of the molecule is C[Si](C)(C)Cc1nc(OC(=O)N(c2ccccc2)c2ccccc2)c2ncn([Si](C)(C)C)c2n1. The zero-order valence-electron chi connectivity index (χ0n) is 20.6. The molecule has 176 valence electrons. The lowest BCUT2D eigenvalue weighted by atomic mass is 10.2. The predicted molar refractivity (Wildman–Crippen MR) is 142 cm³/mol. The summed E-state index contributed by atoms with van der Waals surface area (Å²) >= 11 is 0. The van der Waals surface area contributed by atoms with E-state index in [2.05, 4.69) is 53.5 Å². The van der Waals surface area contributed by atoms with Crippen molar-refractivity contribution in [3.8, 4) is 5.88 Å². The van der Waals surface area contributed by atoms with Crippen LogP contribution >= 0.6 is 0 Å². The average molecular weight is 490 g/mol. The van der Waals surface area contributed by atoms with E-state index in [0.717, 1.165) is 11.7 Å². The molecule has 0 aliphatic carbocycles. The minimum Gasteiger partial charge on any atom is -0.388 e. The molecular weight excluding hydrogens is 458 g/mol. The monoisotopic (exact) mass is 489 g/mol. The Hall–Kier alpha value is -3.31. The van der Waals surface area contributed by atoms with E-state index < -0.39 is 22.4 Å². The highest BCUT2D eigenvalue weighted by Crippen LogP contribution is 2.29. The highest BCUT2D eigenvalue weighted by atomic mass is 28.3. The molecule has 0 aliphatic rings. The van der Waals surface area contributed by atoms with Crippen molar-refractivity contribution in [1.82, 2.24) is 19.2 Å². The maximum absolute atomic E-state index is 13.6. The van der Waals surface area contributed by atoms with Crippen LogP contribution in [0.25, 0.3) is 11.2 Å². The predicted octanol–water partition coefficient (Wildman–Crippen LogP) is 6.27. The lowest BCUT2D eigenvalue weighted by Crippen LogP contribution is -2.32. The largest absolute Gasteiger partial charge is 0.425 e. The second-order valence-corrected chi connectivity index (χ2v) is 20.8. The molecule has 4 rings (SSSR count). The van der Waals surface area contributed by atoms with Crippen molar-refractivity contribution >= 4 is 44.9 Å². The third-order valence-corrected chi connectivity index (χ3v) is 8.37. The molecule has 0 saturated heterocycles. The summed E-state index contributed by atoms with van der Waals surface area (Å²) < 4.78 is 8.11. The van der Waals surface area contributed by atoms with Gasteiger partial charge >= 0.3 is 6.09 Å². The fourth-order valence-corrected chi connectivity index (χ4v) is 5.98. The molecule has 0 unspecified atom stereocenters. The van der Waals surface area contributed by atoms with E-state index in [1.54, 1.807) is 11.2 Å². The molecule has 0 radical (unpaired) electrons. The third kappa shape index (κ3) is 5.26. The molecule has 4 aromatic rings. The third-order valence-electron chi connectivity index (χ3n) is 5.22. The van der Waals surface area contributed by atoms with E-state index >= 15 is 0 Å². The summed E-state index contributed by atoms with van der Waals surface area (Å²) in [6.07, 6.45) is 1.26. The summed E-state index contributed by atoms with van der Waals surface area (Å²) in [5, 5.41) is 0. The van der Waals surface area contributed by atoms with Crippen molar-refractivity contribution in [3.63, 3.8) is 0 Å². The fraction of sp³-hybridized carbons (Fsp3) is 0.280. The van der Waals surface area contributed by atoms with Crippen molar-refractivity contribution in [2.24, 2.45) is 0 Å². The first kappa shape index (κ1) is 23.8. The number of fused-ring (bicyclic) bond motifs is 1. The van der Waals surface area contributed by atoms with Gasteiger partial charge in [-0.1, -0.05) is 75.7 Å². The van der Waals surface area contributed by atoms with Crippen molar-refractivity contribution in [1.29, 1.82) is 0 Å². The minimum atomic E-state index is -1.79. The van der Waals surface area contributed by atoms with Crippen LogP contribution in [0.15, 0.2) is 67.0 Å². The summed E-state index contributed by atoms with van der Waals surface area (Å²) in [7, 11) is -3.31. The standard InChI is InChI=1S/C25H31N5O2Si2/c1-33(2,3)17-21-27-23-22(26-18-29(23)34(4,5)6)24(28-21)32-25(31)30(19-13-9-7-10-14-19)20-15-11-8-12-16-20/h7-16,18H,17H2,1-6H3. The van der Waals surface area contributed by atoms with Gasteiger partial charge in [-0.2, -0.15) is 4.98 Å². The zero-order valence-corrected chi connectivity index (χ0v) is 22.6. The average Bonchev–Trinajstić information content (AvgIpc) is 3.19. The first-order chi connectivity index (χ1) is 16.0.